The third-order valence-electron chi connectivity index (χ3n) is 4.85. The monoisotopic (exact) mass is 460 g/mol. The number of aromatic carboxylic acids is 1. The zero-order chi connectivity index (χ0) is 21.0. The molecule has 1 saturated heterocycles. The molecular weight excluding hydrogens is 440 g/mol. The first-order chi connectivity index (χ1) is 13.9. The summed E-state index contributed by atoms with van der Waals surface area (Å²) in [5.41, 5.74) is 1.41. The van der Waals surface area contributed by atoms with Crippen LogP contribution in [0.3, 0.4) is 0 Å². The van der Waals surface area contributed by atoms with Crippen LogP contribution in [0.25, 0.3) is 0 Å². The molecule has 1 unspecified atom stereocenters. The van der Waals surface area contributed by atoms with Crippen LogP contribution in [-0.4, -0.2) is 48.2 Å². The van der Waals surface area contributed by atoms with Crippen LogP contribution in [0.5, 0.6) is 0 Å². The highest BCUT2D eigenvalue weighted by Crippen LogP contribution is 2.27. The fourth-order valence-corrected chi connectivity index (χ4v) is 3.71. The van der Waals surface area contributed by atoms with Crippen molar-refractivity contribution in [3.63, 3.8) is 0 Å². The Morgan fingerprint density at radius 3 is 2.48 bits per heavy atom. The smallest absolute Gasteiger partial charge is 0.336 e. The maximum atomic E-state index is 13.2. The second-order valence-electron chi connectivity index (χ2n) is 6.86. The zero-order valence-electron chi connectivity index (χ0n) is 15.9. The second kappa shape index (κ2) is 9.09. The predicted molar refractivity (Wildman–Crippen MR) is 111 cm³/mol. The topological polar surface area (TPSA) is 87.1 Å². The Morgan fingerprint density at radius 1 is 1.14 bits per heavy atom. The van der Waals surface area contributed by atoms with Crippen molar-refractivity contribution in [3.05, 3.63) is 64.1 Å². The molecule has 2 aromatic carbocycles. The number of halogens is 1. The number of rotatable bonds is 6. The quantitative estimate of drug-likeness (QED) is 0.662. The number of hydrogen-bond acceptors (Lipinski definition) is 4. The van der Waals surface area contributed by atoms with E-state index in [1.807, 2.05) is 24.3 Å². The first-order valence-electron chi connectivity index (χ1n) is 9.09. The van der Waals surface area contributed by atoms with Crippen LogP contribution in [0.2, 0.25) is 0 Å². The van der Waals surface area contributed by atoms with Gasteiger partial charge in [-0.05, 0) is 35.9 Å². The zero-order valence-corrected chi connectivity index (χ0v) is 17.5. The van der Waals surface area contributed by atoms with Crippen molar-refractivity contribution < 1.29 is 24.2 Å². The van der Waals surface area contributed by atoms with E-state index in [0.717, 1.165) is 4.47 Å². The summed E-state index contributed by atoms with van der Waals surface area (Å²) in [4.78, 5) is 39.7. The number of esters is 1. The van der Waals surface area contributed by atoms with Crippen LogP contribution in [-0.2, 0) is 16.1 Å². The SMILES string of the molecule is COC(=O)CC1CN(Cc2ccccc2C(=O)O)C(=O)N(c2ccc(Br)cc2)C1. The second-order valence-corrected chi connectivity index (χ2v) is 7.77. The van der Waals surface area contributed by atoms with E-state index in [1.165, 1.54) is 13.2 Å². The van der Waals surface area contributed by atoms with E-state index in [0.29, 0.717) is 24.3 Å². The van der Waals surface area contributed by atoms with Crippen molar-refractivity contribution in [2.45, 2.75) is 13.0 Å². The molecule has 1 aliphatic rings. The van der Waals surface area contributed by atoms with Gasteiger partial charge in [0.1, 0.15) is 0 Å². The predicted octanol–water partition coefficient (Wildman–Crippen LogP) is 3.77. The van der Waals surface area contributed by atoms with Gasteiger partial charge in [0.05, 0.1) is 19.1 Å². The average molecular weight is 461 g/mol. The van der Waals surface area contributed by atoms with Crippen molar-refractivity contribution >= 4 is 39.6 Å². The molecular formula is C21H21BrN2O5. The van der Waals surface area contributed by atoms with Crippen LogP contribution in [0.15, 0.2) is 53.0 Å². The summed E-state index contributed by atoms with van der Waals surface area (Å²) in [6, 6.07) is 13.7. The molecule has 8 heteroatoms. The molecule has 0 bridgehead atoms. The lowest BCUT2D eigenvalue weighted by Gasteiger charge is -2.40. The lowest BCUT2D eigenvalue weighted by atomic mass is 10.00. The Bertz CT molecular complexity index is 916. The normalized spacial score (nSPS) is 16.6. The minimum absolute atomic E-state index is 0.138. The van der Waals surface area contributed by atoms with Crippen LogP contribution in [0.4, 0.5) is 10.5 Å². The van der Waals surface area contributed by atoms with Gasteiger partial charge in [-0.25, -0.2) is 9.59 Å². The number of benzene rings is 2. The molecule has 1 N–H and O–H groups in total. The Labute approximate surface area is 177 Å². The van der Waals surface area contributed by atoms with E-state index < -0.39 is 5.97 Å². The summed E-state index contributed by atoms with van der Waals surface area (Å²) < 4.78 is 5.69. The minimum atomic E-state index is -1.04. The number of amides is 2. The fourth-order valence-electron chi connectivity index (χ4n) is 3.44. The Balaban J connectivity index is 1.90. The molecule has 2 aromatic rings. The molecule has 0 radical (unpaired) electrons. The highest BCUT2D eigenvalue weighted by atomic mass is 79.9. The van der Waals surface area contributed by atoms with E-state index in [-0.39, 0.29) is 36.4 Å². The number of urea groups is 1. The molecule has 0 aliphatic carbocycles. The van der Waals surface area contributed by atoms with Gasteiger partial charge in [0.2, 0.25) is 0 Å². The van der Waals surface area contributed by atoms with Crippen LogP contribution in [0.1, 0.15) is 22.3 Å². The molecule has 0 aromatic heterocycles. The molecule has 1 aliphatic heterocycles. The summed E-state index contributed by atoms with van der Waals surface area (Å²) in [6.07, 6.45) is 0.174. The molecule has 7 nitrogen and oxygen atoms in total. The lowest BCUT2D eigenvalue weighted by molar-refractivity contribution is -0.141. The third-order valence-corrected chi connectivity index (χ3v) is 5.38. The number of nitrogens with zero attached hydrogens (tertiary/aromatic N) is 2. The van der Waals surface area contributed by atoms with Crippen molar-refractivity contribution in [1.82, 2.24) is 4.90 Å². The van der Waals surface area contributed by atoms with Gasteiger partial charge >= 0.3 is 18.0 Å². The molecule has 29 heavy (non-hydrogen) atoms. The number of ether oxygens (including phenoxy) is 1. The Morgan fingerprint density at radius 2 is 1.83 bits per heavy atom. The molecule has 1 fully saturated rings. The van der Waals surface area contributed by atoms with E-state index in [9.17, 15) is 19.5 Å². The number of carbonyl (C=O) groups excluding carboxylic acids is 2. The van der Waals surface area contributed by atoms with Gasteiger partial charge in [-0.3, -0.25) is 9.69 Å². The first-order valence-corrected chi connectivity index (χ1v) is 9.88. The molecule has 2 amide bonds. The average Bonchev–Trinajstić information content (AvgIpc) is 2.71. The van der Waals surface area contributed by atoms with Gasteiger partial charge < -0.3 is 14.7 Å². The van der Waals surface area contributed by atoms with Gasteiger partial charge in [-0.2, -0.15) is 0 Å². The van der Waals surface area contributed by atoms with E-state index >= 15 is 0 Å². The number of anilines is 1. The highest BCUT2D eigenvalue weighted by Gasteiger charge is 2.34. The summed E-state index contributed by atoms with van der Waals surface area (Å²) in [6.45, 7) is 0.869. The molecule has 0 saturated carbocycles. The lowest BCUT2D eigenvalue weighted by Crippen LogP contribution is -2.53. The number of hydrogen-bond donors (Lipinski definition) is 1. The van der Waals surface area contributed by atoms with Crippen molar-refractivity contribution in [2.75, 3.05) is 25.1 Å². The number of carboxylic acids is 1. The maximum Gasteiger partial charge on any atom is 0.336 e. The fraction of sp³-hybridized carbons (Fsp3) is 0.286. The minimum Gasteiger partial charge on any atom is -0.478 e. The van der Waals surface area contributed by atoms with Gasteiger partial charge in [0, 0.05) is 35.7 Å². The summed E-state index contributed by atoms with van der Waals surface area (Å²) in [5.74, 6) is -1.52. The number of methoxy groups -OCH3 is 1. The first kappa shape index (κ1) is 20.9. The van der Waals surface area contributed by atoms with E-state index in [2.05, 4.69) is 15.9 Å². The van der Waals surface area contributed by atoms with Crippen molar-refractivity contribution in [1.29, 1.82) is 0 Å². The molecule has 0 spiro atoms. The van der Waals surface area contributed by atoms with Gasteiger partial charge in [0.15, 0.2) is 0 Å². The number of carbonyl (C=O) groups is 3. The third kappa shape index (κ3) is 4.95. The highest BCUT2D eigenvalue weighted by molar-refractivity contribution is 9.10. The Hall–Kier alpha value is -2.87. The molecule has 1 atom stereocenters. The summed E-state index contributed by atoms with van der Waals surface area (Å²) in [7, 11) is 1.34. The van der Waals surface area contributed by atoms with Gasteiger partial charge in [0.25, 0.3) is 0 Å². The standard InChI is InChI=1S/C21H21BrN2O5/c1-29-19(25)10-14-11-23(13-15-4-2-3-5-18(15)20(26)27)21(28)24(12-14)17-8-6-16(22)7-9-17/h2-9,14H,10-13H2,1H3,(H,26,27). The van der Waals surface area contributed by atoms with E-state index in [1.54, 1.807) is 28.0 Å². The summed E-state index contributed by atoms with van der Waals surface area (Å²) >= 11 is 3.39. The van der Waals surface area contributed by atoms with Crippen LogP contribution < -0.4 is 4.90 Å². The van der Waals surface area contributed by atoms with Gasteiger partial charge in [-0.15, -0.1) is 0 Å². The largest absolute Gasteiger partial charge is 0.478 e. The molecule has 3 rings (SSSR count). The van der Waals surface area contributed by atoms with Crippen LogP contribution in [0, 0.1) is 5.92 Å². The maximum absolute atomic E-state index is 13.2. The Kier molecular flexibility index (Phi) is 6.53. The molecule has 1 heterocycles. The number of carboxylic acid groups (broad SMARTS) is 1. The van der Waals surface area contributed by atoms with Crippen molar-refractivity contribution in [3.8, 4) is 0 Å². The van der Waals surface area contributed by atoms with Gasteiger partial charge in [-0.1, -0.05) is 34.1 Å². The van der Waals surface area contributed by atoms with Crippen molar-refractivity contribution in [2.24, 2.45) is 5.92 Å². The molecule has 152 valence electrons. The summed E-state index contributed by atoms with van der Waals surface area (Å²) in [5, 5.41) is 9.44. The van der Waals surface area contributed by atoms with Crippen LogP contribution >= 0.6 is 15.9 Å². The van der Waals surface area contributed by atoms with E-state index in [4.69, 9.17) is 4.74 Å².